The van der Waals surface area contributed by atoms with E-state index in [0.29, 0.717) is 17.3 Å². The molecule has 0 saturated heterocycles. The van der Waals surface area contributed by atoms with Crippen molar-refractivity contribution < 1.29 is 4.79 Å². The number of fused-ring (bicyclic) bond motifs is 1. The molecule has 18 heavy (non-hydrogen) atoms. The quantitative estimate of drug-likeness (QED) is 0.836. The first kappa shape index (κ1) is 13.4. The summed E-state index contributed by atoms with van der Waals surface area (Å²) in [6, 6.07) is 6.25. The number of rotatable bonds is 3. The molecule has 2 amide bonds. The molecule has 98 valence electrons. The third-order valence-electron chi connectivity index (χ3n) is 3.17. The number of nitrogens with one attached hydrogen (secondary N) is 1. The van der Waals surface area contributed by atoms with Crippen LogP contribution in [0, 0.1) is 5.92 Å². The van der Waals surface area contributed by atoms with Crippen molar-refractivity contribution in [3.8, 4) is 0 Å². The molecule has 1 aliphatic rings. The maximum atomic E-state index is 11.5. The summed E-state index contributed by atoms with van der Waals surface area (Å²) < 4.78 is 0. The zero-order valence-electron chi connectivity index (χ0n) is 11.0. The Hall–Kier alpha value is -1.03. The first-order chi connectivity index (χ1) is 8.47. The maximum Gasteiger partial charge on any atom is 0.321 e. The summed E-state index contributed by atoms with van der Waals surface area (Å²) >= 11 is 3.74. The smallest absolute Gasteiger partial charge is 0.321 e. The second-order valence-corrected chi connectivity index (χ2v) is 6.41. The Morgan fingerprint density at radius 3 is 2.83 bits per heavy atom. The Morgan fingerprint density at radius 2 is 2.17 bits per heavy atom. The molecule has 3 nitrogen and oxygen atoms in total. The molecule has 0 aromatic heterocycles. The second-order valence-electron chi connectivity index (χ2n) is 5.30. The number of urea groups is 1. The third kappa shape index (κ3) is 2.86. The first-order valence-electron chi connectivity index (χ1n) is 6.26. The molecule has 0 bridgehead atoms. The Balaban J connectivity index is 2.22. The average Bonchev–Trinajstić information content (AvgIpc) is 2.29. The monoisotopic (exact) mass is 310 g/mol. The van der Waals surface area contributed by atoms with Crippen LogP contribution in [-0.2, 0) is 6.54 Å². The number of amides is 2. The van der Waals surface area contributed by atoms with Gasteiger partial charge in [-0.25, -0.2) is 4.79 Å². The van der Waals surface area contributed by atoms with Crippen molar-refractivity contribution in [2.45, 2.75) is 31.6 Å². The van der Waals surface area contributed by atoms with Gasteiger partial charge in [-0.05, 0) is 29.5 Å². The van der Waals surface area contributed by atoms with Crippen molar-refractivity contribution in [1.29, 1.82) is 0 Å². The minimum atomic E-state index is -0.0344. The number of anilines is 1. The van der Waals surface area contributed by atoms with E-state index < -0.39 is 0 Å². The molecule has 1 aromatic rings. The predicted molar refractivity (Wildman–Crippen MR) is 78.1 cm³/mol. The summed E-state index contributed by atoms with van der Waals surface area (Å²) in [7, 11) is 1.81. The minimum Gasteiger partial charge on any atom is -0.323 e. The van der Waals surface area contributed by atoms with Gasteiger partial charge in [0.05, 0.1) is 0 Å². The summed E-state index contributed by atoms with van der Waals surface area (Å²) in [5.74, 6) is 0.660. The van der Waals surface area contributed by atoms with Crippen molar-refractivity contribution >= 4 is 27.6 Å². The molecule has 1 heterocycles. The summed E-state index contributed by atoms with van der Waals surface area (Å²) in [5, 5.41) is 2.89. The van der Waals surface area contributed by atoms with E-state index in [0.717, 1.165) is 12.1 Å². The Morgan fingerprint density at radius 1 is 1.44 bits per heavy atom. The average molecular weight is 311 g/mol. The Bertz CT molecular complexity index is 459. The Labute approximate surface area is 117 Å². The SMILES string of the molecule is CC(C)CC(Br)c1ccc2c(c1)CN(C)C(=O)N2. The minimum absolute atomic E-state index is 0.0344. The number of benzene rings is 1. The summed E-state index contributed by atoms with van der Waals surface area (Å²) in [4.78, 5) is 13.6. The Kier molecular flexibility index (Phi) is 3.95. The van der Waals surface area contributed by atoms with E-state index in [1.165, 1.54) is 11.1 Å². The zero-order chi connectivity index (χ0) is 13.3. The van der Waals surface area contributed by atoms with Gasteiger partial charge in [-0.15, -0.1) is 0 Å². The molecule has 1 unspecified atom stereocenters. The van der Waals surface area contributed by atoms with Gasteiger partial charge in [0, 0.05) is 24.1 Å². The number of hydrogen-bond acceptors (Lipinski definition) is 1. The van der Waals surface area contributed by atoms with E-state index >= 15 is 0 Å². The van der Waals surface area contributed by atoms with Crippen molar-refractivity contribution in [2.75, 3.05) is 12.4 Å². The van der Waals surface area contributed by atoms with Gasteiger partial charge >= 0.3 is 6.03 Å². The van der Waals surface area contributed by atoms with Crippen LogP contribution in [0.4, 0.5) is 10.5 Å². The van der Waals surface area contributed by atoms with Gasteiger partial charge in [0.15, 0.2) is 0 Å². The highest BCUT2D eigenvalue weighted by molar-refractivity contribution is 9.09. The van der Waals surface area contributed by atoms with Crippen LogP contribution in [0.1, 0.15) is 36.2 Å². The van der Waals surface area contributed by atoms with Crippen molar-refractivity contribution in [1.82, 2.24) is 4.90 Å². The fraction of sp³-hybridized carbons (Fsp3) is 0.500. The van der Waals surface area contributed by atoms with E-state index in [4.69, 9.17) is 0 Å². The number of hydrogen-bond donors (Lipinski definition) is 1. The van der Waals surface area contributed by atoms with Crippen LogP contribution < -0.4 is 5.32 Å². The van der Waals surface area contributed by atoms with E-state index in [1.54, 1.807) is 4.90 Å². The van der Waals surface area contributed by atoms with Gasteiger partial charge in [0.2, 0.25) is 0 Å². The van der Waals surface area contributed by atoms with E-state index in [9.17, 15) is 4.79 Å². The molecule has 1 aliphatic heterocycles. The molecular weight excluding hydrogens is 292 g/mol. The molecule has 0 spiro atoms. The molecule has 0 saturated carbocycles. The molecule has 4 heteroatoms. The van der Waals surface area contributed by atoms with Gasteiger partial charge in [-0.2, -0.15) is 0 Å². The highest BCUT2D eigenvalue weighted by atomic mass is 79.9. The van der Waals surface area contributed by atoms with Gasteiger partial charge in [0.25, 0.3) is 0 Å². The van der Waals surface area contributed by atoms with Crippen LogP contribution in [0.25, 0.3) is 0 Å². The van der Waals surface area contributed by atoms with Crippen LogP contribution in [0.3, 0.4) is 0 Å². The van der Waals surface area contributed by atoms with Crippen LogP contribution >= 0.6 is 15.9 Å². The van der Waals surface area contributed by atoms with Gasteiger partial charge < -0.3 is 10.2 Å². The van der Waals surface area contributed by atoms with Crippen LogP contribution in [0.15, 0.2) is 18.2 Å². The number of carbonyl (C=O) groups is 1. The van der Waals surface area contributed by atoms with Crippen molar-refractivity contribution in [3.05, 3.63) is 29.3 Å². The van der Waals surface area contributed by atoms with E-state index in [1.807, 2.05) is 13.1 Å². The maximum absolute atomic E-state index is 11.5. The molecule has 1 N–H and O–H groups in total. The largest absolute Gasteiger partial charge is 0.323 e. The molecule has 2 rings (SSSR count). The fourth-order valence-electron chi connectivity index (χ4n) is 2.15. The fourth-order valence-corrected chi connectivity index (χ4v) is 3.18. The number of carbonyl (C=O) groups excluding carboxylic acids is 1. The second kappa shape index (κ2) is 5.31. The lowest BCUT2D eigenvalue weighted by Gasteiger charge is -2.27. The molecule has 1 aromatic carbocycles. The molecule has 1 atom stereocenters. The molecule has 0 radical (unpaired) electrons. The van der Waals surface area contributed by atoms with Gasteiger partial charge in [-0.1, -0.05) is 41.9 Å². The standard InChI is InChI=1S/C14H19BrN2O/c1-9(2)6-12(15)10-4-5-13-11(7-10)8-17(3)14(18)16-13/h4-5,7,9,12H,6,8H2,1-3H3,(H,16,18). The molecule has 0 aliphatic carbocycles. The number of halogens is 1. The summed E-state index contributed by atoms with van der Waals surface area (Å²) in [6.07, 6.45) is 1.11. The lowest BCUT2D eigenvalue weighted by molar-refractivity contribution is 0.218. The van der Waals surface area contributed by atoms with Crippen molar-refractivity contribution in [2.24, 2.45) is 5.92 Å². The first-order valence-corrected chi connectivity index (χ1v) is 7.18. The third-order valence-corrected chi connectivity index (χ3v) is 4.07. The van der Waals surface area contributed by atoms with Crippen LogP contribution in [0.5, 0.6) is 0 Å². The molecular formula is C14H19BrN2O. The lowest BCUT2D eigenvalue weighted by Crippen LogP contribution is -2.35. The van der Waals surface area contributed by atoms with Crippen LogP contribution in [-0.4, -0.2) is 18.0 Å². The van der Waals surface area contributed by atoms with E-state index in [2.05, 4.69) is 47.2 Å². The molecule has 0 fully saturated rings. The topological polar surface area (TPSA) is 32.3 Å². The summed E-state index contributed by atoms with van der Waals surface area (Å²) in [5.41, 5.74) is 3.40. The predicted octanol–water partition coefficient (Wildman–Crippen LogP) is 4.15. The normalized spacial score (nSPS) is 16.5. The van der Waals surface area contributed by atoms with Gasteiger partial charge in [-0.3, -0.25) is 0 Å². The van der Waals surface area contributed by atoms with E-state index in [-0.39, 0.29) is 6.03 Å². The van der Waals surface area contributed by atoms with Gasteiger partial charge in [0.1, 0.15) is 0 Å². The number of alkyl halides is 1. The zero-order valence-corrected chi connectivity index (χ0v) is 12.6. The summed E-state index contributed by atoms with van der Waals surface area (Å²) in [6.45, 7) is 5.12. The number of nitrogens with zero attached hydrogens (tertiary/aromatic N) is 1. The highest BCUT2D eigenvalue weighted by Gasteiger charge is 2.20. The highest BCUT2D eigenvalue weighted by Crippen LogP contribution is 2.33. The van der Waals surface area contributed by atoms with Crippen molar-refractivity contribution in [3.63, 3.8) is 0 Å². The van der Waals surface area contributed by atoms with Crippen LogP contribution in [0.2, 0.25) is 0 Å². The lowest BCUT2D eigenvalue weighted by atomic mass is 9.99.